The van der Waals surface area contributed by atoms with E-state index in [1.54, 1.807) is 0 Å². The predicted octanol–water partition coefficient (Wildman–Crippen LogP) is 5.36. The molecule has 154 valence electrons. The van der Waals surface area contributed by atoms with E-state index in [2.05, 4.69) is 4.40 Å². The van der Waals surface area contributed by atoms with Crippen LogP contribution in [-0.2, 0) is 11.4 Å². The number of nitrogens with zero attached hydrogens (tertiary/aromatic N) is 1. The summed E-state index contributed by atoms with van der Waals surface area (Å²) in [5.41, 5.74) is -2.57. The average molecular weight is 421 g/mol. The SMILES string of the molecule is CC(C)(C)[S+]([O-])/N=C(\c1ccc(OCCCC(F)(F)F)cc1F)C(F)(F)F. The molecule has 0 aliphatic carbocycles. The zero-order chi connectivity index (χ0) is 21.0. The minimum Gasteiger partial charge on any atom is -0.591 e. The third-order valence-corrected chi connectivity index (χ3v) is 4.43. The molecule has 11 heteroatoms. The van der Waals surface area contributed by atoms with E-state index in [-0.39, 0.29) is 18.8 Å². The summed E-state index contributed by atoms with van der Waals surface area (Å²) in [6, 6.07) is 2.33. The summed E-state index contributed by atoms with van der Waals surface area (Å²) in [6.07, 6.45) is -10.9. The van der Waals surface area contributed by atoms with Crippen molar-refractivity contribution in [1.29, 1.82) is 0 Å². The number of alkyl halides is 6. The summed E-state index contributed by atoms with van der Waals surface area (Å²) in [4.78, 5) is 0. The first kappa shape index (κ1) is 23.5. The minimum absolute atomic E-state index is 0.225. The molecule has 0 aromatic heterocycles. The molecule has 1 aromatic rings. The fraction of sp³-hybridized carbons (Fsp3) is 0.562. The van der Waals surface area contributed by atoms with Crippen molar-refractivity contribution >= 4 is 17.1 Å². The topological polar surface area (TPSA) is 44.7 Å². The van der Waals surface area contributed by atoms with E-state index >= 15 is 0 Å². The summed E-state index contributed by atoms with van der Waals surface area (Å²) >= 11 is -2.28. The Morgan fingerprint density at radius 3 is 2.15 bits per heavy atom. The van der Waals surface area contributed by atoms with Gasteiger partial charge in [0.1, 0.15) is 27.7 Å². The van der Waals surface area contributed by atoms with Crippen molar-refractivity contribution in [1.82, 2.24) is 0 Å². The molecule has 27 heavy (non-hydrogen) atoms. The van der Waals surface area contributed by atoms with Crippen LogP contribution in [-0.4, -0.2) is 34.0 Å². The van der Waals surface area contributed by atoms with Gasteiger partial charge in [0.25, 0.3) is 0 Å². The monoisotopic (exact) mass is 421 g/mol. The zero-order valence-electron chi connectivity index (χ0n) is 14.7. The van der Waals surface area contributed by atoms with Crippen LogP contribution in [0.25, 0.3) is 0 Å². The Balaban J connectivity index is 3.02. The van der Waals surface area contributed by atoms with Crippen molar-refractivity contribution in [2.45, 2.75) is 50.7 Å². The molecule has 0 aliphatic heterocycles. The summed E-state index contributed by atoms with van der Waals surface area (Å²) in [5.74, 6) is -1.57. The second-order valence-corrected chi connectivity index (χ2v) is 8.41. The number of halogens is 7. The fourth-order valence-electron chi connectivity index (χ4n) is 1.71. The highest BCUT2D eigenvalue weighted by atomic mass is 32.2. The molecular formula is C16H18F7NO2S. The molecule has 1 rings (SSSR count). The first-order valence-corrected chi connectivity index (χ1v) is 8.79. The molecule has 1 unspecified atom stereocenters. The quantitative estimate of drug-likeness (QED) is 0.269. The maximum Gasteiger partial charge on any atom is 0.438 e. The summed E-state index contributed by atoms with van der Waals surface area (Å²) in [5, 5.41) is 0. The molecule has 1 atom stereocenters. The Morgan fingerprint density at radius 2 is 1.70 bits per heavy atom. The van der Waals surface area contributed by atoms with Gasteiger partial charge in [-0.2, -0.15) is 26.3 Å². The summed E-state index contributed by atoms with van der Waals surface area (Å²) in [7, 11) is 0. The van der Waals surface area contributed by atoms with Crippen LogP contribution in [0, 0.1) is 5.82 Å². The third-order valence-electron chi connectivity index (χ3n) is 3.04. The second kappa shape index (κ2) is 8.68. The van der Waals surface area contributed by atoms with E-state index in [0.29, 0.717) is 6.07 Å². The van der Waals surface area contributed by atoms with Crippen molar-refractivity contribution in [3.8, 4) is 5.75 Å². The van der Waals surface area contributed by atoms with E-state index in [0.717, 1.165) is 12.1 Å². The van der Waals surface area contributed by atoms with Gasteiger partial charge in [0.05, 0.1) is 6.61 Å². The van der Waals surface area contributed by atoms with E-state index in [9.17, 15) is 35.3 Å². The van der Waals surface area contributed by atoms with Gasteiger partial charge in [-0.25, -0.2) is 4.39 Å². The van der Waals surface area contributed by atoms with Crippen molar-refractivity contribution in [3.05, 3.63) is 29.6 Å². The van der Waals surface area contributed by atoms with Crippen LogP contribution in [0.1, 0.15) is 39.2 Å². The Morgan fingerprint density at radius 1 is 1.11 bits per heavy atom. The Kier molecular flexibility index (Phi) is 7.57. The van der Waals surface area contributed by atoms with Crippen LogP contribution in [0.5, 0.6) is 5.75 Å². The van der Waals surface area contributed by atoms with E-state index < -0.39 is 52.0 Å². The highest BCUT2D eigenvalue weighted by Crippen LogP contribution is 2.29. The Bertz CT molecular complexity index is 666. The van der Waals surface area contributed by atoms with Crippen molar-refractivity contribution < 1.29 is 40.0 Å². The number of hydrogen-bond donors (Lipinski definition) is 0. The molecule has 0 saturated heterocycles. The lowest BCUT2D eigenvalue weighted by molar-refractivity contribution is -0.136. The molecule has 3 nitrogen and oxygen atoms in total. The summed E-state index contributed by atoms with van der Waals surface area (Å²) < 4.78 is 109. The Labute approximate surface area is 154 Å². The van der Waals surface area contributed by atoms with Crippen molar-refractivity contribution in [3.63, 3.8) is 0 Å². The number of ether oxygens (including phenoxy) is 1. The van der Waals surface area contributed by atoms with Crippen LogP contribution < -0.4 is 4.74 Å². The van der Waals surface area contributed by atoms with Crippen LogP contribution in [0.4, 0.5) is 30.7 Å². The first-order chi connectivity index (χ1) is 12.1. The lowest BCUT2D eigenvalue weighted by Crippen LogP contribution is -2.32. The molecule has 0 radical (unpaired) electrons. The highest BCUT2D eigenvalue weighted by molar-refractivity contribution is 7.91. The number of benzene rings is 1. The second-order valence-electron chi connectivity index (χ2n) is 6.51. The lowest BCUT2D eigenvalue weighted by atomic mass is 10.1. The number of hydrogen-bond acceptors (Lipinski definition) is 3. The highest BCUT2D eigenvalue weighted by Gasteiger charge is 2.42. The van der Waals surface area contributed by atoms with E-state index in [1.165, 1.54) is 20.8 Å². The molecular weight excluding hydrogens is 403 g/mol. The normalized spacial score (nSPS) is 15.0. The van der Waals surface area contributed by atoms with Crippen LogP contribution in [0.15, 0.2) is 22.6 Å². The van der Waals surface area contributed by atoms with Gasteiger partial charge in [-0.3, -0.25) is 0 Å². The molecule has 0 bridgehead atoms. The maximum atomic E-state index is 14.1. The molecule has 0 fully saturated rings. The number of rotatable bonds is 6. The van der Waals surface area contributed by atoms with Gasteiger partial charge < -0.3 is 9.29 Å². The predicted molar refractivity (Wildman–Crippen MR) is 87.7 cm³/mol. The summed E-state index contributed by atoms with van der Waals surface area (Å²) in [6.45, 7) is 3.85. The molecule has 0 saturated carbocycles. The average Bonchev–Trinajstić information content (AvgIpc) is 2.46. The van der Waals surface area contributed by atoms with Crippen LogP contribution in [0.2, 0.25) is 0 Å². The molecule has 0 aliphatic rings. The van der Waals surface area contributed by atoms with Crippen LogP contribution in [0.3, 0.4) is 0 Å². The van der Waals surface area contributed by atoms with Gasteiger partial charge >= 0.3 is 12.4 Å². The van der Waals surface area contributed by atoms with Gasteiger partial charge in [-0.15, -0.1) is 0 Å². The fourth-order valence-corrected chi connectivity index (χ4v) is 2.36. The van der Waals surface area contributed by atoms with Gasteiger partial charge in [0.15, 0.2) is 0 Å². The molecule has 0 spiro atoms. The third kappa shape index (κ3) is 7.96. The van der Waals surface area contributed by atoms with Crippen LogP contribution >= 0.6 is 0 Å². The standard InChI is InChI=1S/C16H18F7NO2S/c1-14(2,3)27(25)24-13(16(21,22)23)11-6-5-10(9-12(11)17)26-8-4-7-15(18,19)20/h5-6,9H,4,7-8H2,1-3H3/b24-13+. The van der Waals surface area contributed by atoms with Gasteiger partial charge in [0, 0.05) is 18.1 Å². The largest absolute Gasteiger partial charge is 0.591 e. The first-order valence-electron chi connectivity index (χ1n) is 7.68. The van der Waals surface area contributed by atoms with Gasteiger partial charge in [0.2, 0.25) is 5.71 Å². The van der Waals surface area contributed by atoms with Crippen molar-refractivity contribution in [2.24, 2.45) is 4.40 Å². The molecule has 0 amide bonds. The van der Waals surface area contributed by atoms with Crippen molar-refractivity contribution in [2.75, 3.05) is 6.61 Å². The Hall–Kier alpha value is -1.49. The van der Waals surface area contributed by atoms with E-state index in [4.69, 9.17) is 4.74 Å². The lowest BCUT2D eigenvalue weighted by Gasteiger charge is -2.20. The smallest absolute Gasteiger partial charge is 0.438 e. The van der Waals surface area contributed by atoms with Gasteiger partial charge in [-0.05, 0) is 39.3 Å². The molecule has 1 aromatic carbocycles. The molecule has 0 N–H and O–H groups in total. The van der Waals surface area contributed by atoms with Gasteiger partial charge in [-0.1, -0.05) is 4.40 Å². The van der Waals surface area contributed by atoms with E-state index in [1.807, 2.05) is 0 Å². The molecule has 0 heterocycles. The zero-order valence-corrected chi connectivity index (χ0v) is 15.5. The minimum atomic E-state index is -5.06. The maximum absolute atomic E-state index is 14.1.